The van der Waals surface area contributed by atoms with Gasteiger partial charge in [-0.3, -0.25) is 0 Å². The molecule has 4 aromatic carbocycles. The van der Waals surface area contributed by atoms with Gasteiger partial charge in [-0.05, 0) is 84.3 Å². The summed E-state index contributed by atoms with van der Waals surface area (Å²) in [4.78, 5) is 0.873. The Balaban J connectivity index is 1.22. The van der Waals surface area contributed by atoms with Crippen molar-refractivity contribution in [3.63, 3.8) is 0 Å². The number of alkyl halides is 6. The standard InChI is InChI=1S/C65H70F6S2/c1-3-5-7-9-11-13-15-17-19-23-33-51-35-41-53(42-36-51)59-47-55(57(72-59)45-39-49-29-25-21-26-30-49)61-62(64(68,69)65(70,71)63(61,66)67)56-48-60(73-58(56)46-40-50-31-27-22-28-32-50)54-43-37-52(38-44-54)34-24-20-18-16-14-12-10-8-6-4-2/h21-22,25-32,35-38,41-44,47-48H,3-20,23-24,33-34H2,1-2H3. The number of unbranched alkanes of at least 4 members (excludes halogenated alkanes) is 18. The Kier molecular flexibility index (Phi) is 20.8. The van der Waals surface area contributed by atoms with Crippen LogP contribution in [-0.4, -0.2) is 17.8 Å². The first-order valence-electron chi connectivity index (χ1n) is 26.9. The summed E-state index contributed by atoms with van der Waals surface area (Å²) < 4.78 is 99.7. The highest BCUT2D eigenvalue weighted by Gasteiger charge is 2.80. The van der Waals surface area contributed by atoms with Gasteiger partial charge < -0.3 is 0 Å². The van der Waals surface area contributed by atoms with Crippen LogP contribution >= 0.6 is 22.7 Å². The van der Waals surface area contributed by atoms with Gasteiger partial charge in [0.15, 0.2) is 0 Å². The van der Waals surface area contributed by atoms with Crippen LogP contribution in [0.2, 0.25) is 0 Å². The minimum absolute atomic E-state index is 0.0145. The minimum atomic E-state index is -5.77. The monoisotopic (exact) mass is 1030 g/mol. The van der Waals surface area contributed by atoms with Crippen LogP contribution in [0.1, 0.15) is 185 Å². The second kappa shape index (κ2) is 27.3. The number of rotatable bonds is 26. The van der Waals surface area contributed by atoms with Crippen LogP contribution < -0.4 is 0 Å². The van der Waals surface area contributed by atoms with E-state index in [1.165, 1.54) is 115 Å². The van der Waals surface area contributed by atoms with Crippen molar-refractivity contribution in [1.82, 2.24) is 0 Å². The summed E-state index contributed by atoms with van der Waals surface area (Å²) in [5.41, 5.74) is 0.901. The van der Waals surface area contributed by atoms with Crippen LogP contribution in [0.3, 0.4) is 0 Å². The fraction of sp³-hybridized carbons (Fsp3) is 0.415. The van der Waals surface area contributed by atoms with Gasteiger partial charge in [0.2, 0.25) is 0 Å². The van der Waals surface area contributed by atoms with Gasteiger partial charge in [0.25, 0.3) is 0 Å². The molecular formula is C65H70F6S2. The maximum Gasteiger partial charge on any atom is 0.380 e. The molecule has 1 aliphatic carbocycles. The highest BCUT2D eigenvalue weighted by molar-refractivity contribution is 7.16. The Morgan fingerprint density at radius 3 is 1.01 bits per heavy atom. The molecule has 0 bridgehead atoms. The molecule has 0 radical (unpaired) electrons. The molecule has 1 aliphatic rings. The Bertz CT molecular complexity index is 2600. The van der Waals surface area contributed by atoms with E-state index in [1.807, 2.05) is 48.5 Å². The zero-order chi connectivity index (χ0) is 51.5. The predicted molar refractivity (Wildman–Crippen MR) is 297 cm³/mol. The first-order valence-corrected chi connectivity index (χ1v) is 28.6. The lowest BCUT2D eigenvalue weighted by molar-refractivity contribution is -0.254. The molecule has 0 saturated carbocycles. The predicted octanol–water partition coefficient (Wildman–Crippen LogP) is 20.7. The van der Waals surface area contributed by atoms with Gasteiger partial charge in [-0.25, -0.2) is 0 Å². The zero-order valence-electron chi connectivity index (χ0n) is 42.7. The summed E-state index contributed by atoms with van der Waals surface area (Å²) >= 11 is 2.06. The van der Waals surface area contributed by atoms with Crippen LogP contribution in [0.5, 0.6) is 0 Å². The SMILES string of the molecule is CCCCCCCCCCCCc1ccc(-c2cc(C3=C(c4cc(-c5ccc(CCCCCCCCCCCC)cc5)sc4C#Cc4ccccc4)C(F)(F)C(F)(F)C3(F)F)c(C#Cc3ccccc3)s2)cc1. The highest BCUT2D eigenvalue weighted by Crippen LogP contribution is 2.66. The summed E-state index contributed by atoms with van der Waals surface area (Å²) in [5.74, 6) is -4.46. The summed E-state index contributed by atoms with van der Waals surface area (Å²) in [6.45, 7) is 4.46. The first-order chi connectivity index (χ1) is 35.4. The van der Waals surface area contributed by atoms with Crippen LogP contribution in [0.15, 0.2) is 121 Å². The van der Waals surface area contributed by atoms with Gasteiger partial charge >= 0.3 is 17.8 Å². The average molecular weight is 1030 g/mol. The Labute approximate surface area is 439 Å². The first kappa shape index (κ1) is 55.5. The quantitative estimate of drug-likeness (QED) is 0.0289. The lowest BCUT2D eigenvalue weighted by Crippen LogP contribution is -2.48. The number of hydrogen-bond acceptors (Lipinski definition) is 2. The topological polar surface area (TPSA) is 0 Å². The highest BCUT2D eigenvalue weighted by atomic mass is 32.1. The molecule has 0 aliphatic heterocycles. The fourth-order valence-corrected chi connectivity index (χ4v) is 11.7. The Morgan fingerprint density at radius 1 is 0.370 bits per heavy atom. The Morgan fingerprint density at radius 2 is 0.685 bits per heavy atom. The molecule has 8 heteroatoms. The smallest absolute Gasteiger partial charge is 0.194 e. The molecule has 2 aromatic heterocycles. The van der Waals surface area contributed by atoms with E-state index in [-0.39, 0.29) is 9.75 Å². The molecule has 0 amide bonds. The molecule has 0 N–H and O–H groups in total. The van der Waals surface area contributed by atoms with E-state index in [1.54, 1.807) is 60.7 Å². The largest absolute Gasteiger partial charge is 0.380 e. The van der Waals surface area contributed by atoms with Gasteiger partial charge in [0.1, 0.15) is 0 Å². The maximum absolute atomic E-state index is 16.8. The third-order valence-corrected chi connectivity index (χ3v) is 16.2. The van der Waals surface area contributed by atoms with Crippen molar-refractivity contribution in [1.29, 1.82) is 0 Å². The van der Waals surface area contributed by atoms with E-state index in [9.17, 15) is 0 Å². The number of halogens is 6. The molecule has 0 unspecified atom stereocenters. The van der Waals surface area contributed by atoms with Crippen LogP contribution in [-0.2, 0) is 12.8 Å². The van der Waals surface area contributed by atoms with Crippen molar-refractivity contribution >= 4 is 33.8 Å². The molecule has 7 rings (SSSR count). The van der Waals surface area contributed by atoms with E-state index in [4.69, 9.17) is 0 Å². The molecule has 0 saturated heterocycles. The van der Waals surface area contributed by atoms with E-state index in [0.717, 1.165) is 72.3 Å². The summed E-state index contributed by atoms with van der Waals surface area (Å²) in [5, 5.41) is 0. The normalized spacial score (nSPS) is 14.5. The number of benzene rings is 4. The Hall–Kier alpha value is -5.28. The molecule has 0 atom stereocenters. The van der Waals surface area contributed by atoms with Crippen molar-refractivity contribution in [2.45, 2.75) is 173 Å². The van der Waals surface area contributed by atoms with Crippen LogP contribution in [0.25, 0.3) is 32.0 Å². The maximum atomic E-state index is 16.8. The van der Waals surface area contributed by atoms with Gasteiger partial charge in [-0.2, -0.15) is 26.3 Å². The zero-order valence-corrected chi connectivity index (χ0v) is 44.3. The van der Waals surface area contributed by atoms with E-state index in [2.05, 4.69) is 37.5 Å². The van der Waals surface area contributed by atoms with E-state index >= 15 is 26.3 Å². The van der Waals surface area contributed by atoms with Gasteiger partial charge in [-0.1, -0.05) is 238 Å². The number of allylic oxidation sites excluding steroid dienone is 2. The van der Waals surface area contributed by atoms with Gasteiger partial charge in [0, 0.05) is 43.2 Å². The van der Waals surface area contributed by atoms with Crippen LogP contribution in [0.4, 0.5) is 26.3 Å². The molecule has 0 nitrogen and oxygen atoms in total. The third kappa shape index (κ3) is 14.5. The van der Waals surface area contributed by atoms with Crippen molar-refractivity contribution < 1.29 is 26.3 Å². The molecular weight excluding hydrogens is 959 g/mol. The molecule has 2 heterocycles. The number of aryl methyl sites for hydroxylation is 2. The van der Waals surface area contributed by atoms with E-state index < -0.39 is 40.0 Å². The molecule has 6 aromatic rings. The third-order valence-electron chi connectivity index (χ3n) is 14.0. The number of hydrogen-bond donors (Lipinski definition) is 0. The second-order valence-corrected chi connectivity index (χ2v) is 21.8. The summed E-state index contributed by atoms with van der Waals surface area (Å²) in [6.07, 6.45) is 26.4. The van der Waals surface area contributed by atoms with Crippen molar-refractivity contribution in [3.05, 3.63) is 164 Å². The van der Waals surface area contributed by atoms with Crippen molar-refractivity contribution in [3.8, 4) is 44.6 Å². The van der Waals surface area contributed by atoms with Gasteiger partial charge in [0.05, 0.1) is 9.75 Å². The molecule has 73 heavy (non-hydrogen) atoms. The summed E-state index contributed by atoms with van der Waals surface area (Å²) in [7, 11) is 0. The molecule has 384 valence electrons. The lowest BCUT2D eigenvalue weighted by Gasteiger charge is -2.25. The molecule has 0 spiro atoms. The average Bonchev–Trinajstić information content (AvgIpc) is 4.05. The lowest BCUT2D eigenvalue weighted by atomic mass is 9.94. The van der Waals surface area contributed by atoms with Gasteiger partial charge in [-0.15, -0.1) is 22.7 Å². The number of thiophene rings is 2. The fourth-order valence-electron chi connectivity index (χ4n) is 9.66. The van der Waals surface area contributed by atoms with Crippen molar-refractivity contribution in [2.24, 2.45) is 0 Å². The second-order valence-electron chi connectivity index (χ2n) is 19.7. The van der Waals surface area contributed by atoms with E-state index in [0.29, 0.717) is 32.0 Å². The van der Waals surface area contributed by atoms with Crippen LogP contribution in [0, 0.1) is 23.7 Å². The minimum Gasteiger partial charge on any atom is -0.194 e. The summed E-state index contributed by atoms with van der Waals surface area (Å²) in [6, 6.07) is 35.8. The van der Waals surface area contributed by atoms with Crippen molar-refractivity contribution in [2.75, 3.05) is 0 Å². The molecule has 0 fully saturated rings.